The van der Waals surface area contributed by atoms with Gasteiger partial charge in [0.25, 0.3) is 0 Å². The van der Waals surface area contributed by atoms with Crippen molar-refractivity contribution in [2.24, 2.45) is 0 Å². The van der Waals surface area contributed by atoms with E-state index < -0.39 is 5.95 Å². The molecule has 0 atom stereocenters. The molecule has 0 aliphatic rings. The van der Waals surface area contributed by atoms with Crippen molar-refractivity contribution < 1.29 is 4.39 Å². The van der Waals surface area contributed by atoms with E-state index in [0.29, 0.717) is 0 Å². The van der Waals surface area contributed by atoms with Gasteiger partial charge >= 0.3 is 0 Å². The van der Waals surface area contributed by atoms with Crippen LogP contribution >= 0.6 is 0 Å². The van der Waals surface area contributed by atoms with Crippen molar-refractivity contribution in [3.63, 3.8) is 0 Å². The Balaban J connectivity index is 3.25. The molecule has 0 aliphatic heterocycles. The van der Waals surface area contributed by atoms with Crippen LogP contribution in [0.5, 0.6) is 0 Å². The van der Waals surface area contributed by atoms with Crippen LogP contribution in [0.25, 0.3) is 0 Å². The van der Waals surface area contributed by atoms with Gasteiger partial charge in [-0.15, -0.1) is 0 Å². The fourth-order valence-corrected chi connectivity index (χ4v) is 0.543. The number of nitrogen functional groups attached to an aromatic ring is 1. The minimum Gasteiger partial charge on any atom is -0.397 e. The lowest BCUT2D eigenvalue weighted by molar-refractivity contribution is 0.580. The first kappa shape index (κ1) is 6.49. The highest BCUT2D eigenvalue weighted by Crippen LogP contribution is 2.06. The van der Waals surface area contributed by atoms with Crippen molar-refractivity contribution in [1.29, 1.82) is 5.26 Å². The predicted molar refractivity (Wildman–Crippen MR) is 33.3 cm³/mol. The zero-order valence-electron chi connectivity index (χ0n) is 5.00. The van der Waals surface area contributed by atoms with Gasteiger partial charge in [-0.25, -0.2) is 4.98 Å². The van der Waals surface area contributed by atoms with E-state index in [1.54, 1.807) is 6.07 Å². The van der Waals surface area contributed by atoms with Crippen LogP contribution in [0.4, 0.5) is 10.1 Å². The SMILES string of the molecule is N#Cc1cc(N)cnc1F. The minimum atomic E-state index is -0.781. The summed E-state index contributed by atoms with van der Waals surface area (Å²) in [4.78, 5) is 3.24. The van der Waals surface area contributed by atoms with Crippen molar-refractivity contribution in [2.75, 3.05) is 5.73 Å². The Kier molecular flexibility index (Phi) is 1.50. The molecule has 0 aromatic carbocycles. The summed E-state index contributed by atoms with van der Waals surface area (Å²) in [5.74, 6) is -0.781. The first-order valence-electron chi connectivity index (χ1n) is 2.55. The zero-order chi connectivity index (χ0) is 7.56. The lowest BCUT2D eigenvalue weighted by atomic mass is 10.3. The Hall–Kier alpha value is -1.63. The highest BCUT2D eigenvalue weighted by molar-refractivity contribution is 5.42. The fraction of sp³-hybridized carbons (Fsp3) is 0. The third-order valence-electron chi connectivity index (χ3n) is 0.981. The van der Waals surface area contributed by atoms with Gasteiger partial charge in [-0.1, -0.05) is 0 Å². The summed E-state index contributed by atoms with van der Waals surface area (Å²) in [7, 11) is 0. The van der Waals surface area contributed by atoms with Crippen LogP contribution < -0.4 is 5.73 Å². The average molecular weight is 137 g/mol. The van der Waals surface area contributed by atoms with E-state index >= 15 is 0 Å². The number of nitrogens with two attached hydrogens (primary N) is 1. The maximum Gasteiger partial charge on any atom is 0.230 e. The number of nitrogens with zero attached hydrogens (tertiary/aromatic N) is 2. The van der Waals surface area contributed by atoms with E-state index in [9.17, 15) is 4.39 Å². The Bertz CT molecular complexity index is 290. The van der Waals surface area contributed by atoms with Crippen LogP contribution in [-0.2, 0) is 0 Å². The molecule has 0 radical (unpaired) electrons. The first-order chi connectivity index (χ1) is 4.74. The van der Waals surface area contributed by atoms with Gasteiger partial charge in [0.2, 0.25) is 5.95 Å². The van der Waals surface area contributed by atoms with Crippen molar-refractivity contribution in [3.8, 4) is 6.07 Å². The van der Waals surface area contributed by atoms with Gasteiger partial charge in [0.1, 0.15) is 11.6 Å². The summed E-state index contributed by atoms with van der Waals surface area (Å²) < 4.78 is 12.4. The van der Waals surface area contributed by atoms with Crippen molar-refractivity contribution in [1.82, 2.24) is 4.98 Å². The van der Waals surface area contributed by atoms with Gasteiger partial charge in [-0.05, 0) is 6.07 Å². The molecular formula is C6H4FN3. The number of pyridine rings is 1. The van der Waals surface area contributed by atoms with Crippen LogP contribution in [0.3, 0.4) is 0 Å². The smallest absolute Gasteiger partial charge is 0.230 e. The second kappa shape index (κ2) is 2.31. The van der Waals surface area contributed by atoms with Crippen LogP contribution in [0.1, 0.15) is 5.56 Å². The van der Waals surface area contributed by atoms with Gasteiger partial charge in [-0.2, -0.15) is 9.65 Å². The molecule has 0 saturated heterocycles. The van der Waals surface area contributed by atoms with Gasteiger partial charge in [0, 0.05) is 0 Å². The number of rotatable bonds is 0. The highest BCUT2D eigenvalue weighted by Gasteiger charge is 2.00. The Morgan fingerprint density at radius 2 is 2.40 bits per heavy atom. The van der Waals surface area contributed by atoms with Crippen molar-refractivity contribution in [2.45, 2.75) is 0 Å². The molecule has 0 bridgehead atoms. The summed E-state index contributed by atoms with van der Waals surface area (Å²) in [6.07, 6.45) is 1.16. The molecular weight excluding hydrogens is 133 g/mol. The summed E-state index contributed by atoms with van der Waals surface area (Å²) in [6.45, 7) is 0. The quantitative estimate of drug-likeness (QED) is 0.534. The molecule has 1 heterocycles. The van der Waals surface area contributed by atoms with Crippen LogP contribution in [-0.4, -0.2) is 4.98 Å². The van der Waals surface area contributed by atoms with Crippen molar-refractivity contribution >= 4 is 5.69 Å². The molecule has 0 aliphatic carbocycles. The third-order valence-corrected chi connectivity index (χ3v) is 0.981. The Labute approximate surface area is 56.9 Å². The number of anilines is 1. The summed E-state index contributed by atoms with van der Waals surface area (Å²) in [5, 5.41) is 8.26. The number of hydrogen-bond acceptors (Lipinski definition) is 3. The zero-order valence-corrected chi connectivity index (χ0v) is 5.00. The molecule has 3 nitrogen and oxygen atoms in total. The first-order valence-corrected chi connectivity index (χ1v) is 2.55. The number of halogens is 1. The average Bonchev–Trinajstić information content (AvgIpc) is 1.94. The molecule has 0 amide bonds. The van der Waals surface area contributed by atoms with E-state index in [2.05, 4.69) is 4.98 Å². The fourth-order valence-electron chi connectivity index (χ4n) is 0.543. The summed E-state index contributed by atoms with van der Waals surface area (Å²) >= 11 is 0. The van der Waals surface area contributed by atoms with Gasteiger partial charge in [0.05, 0.1) is 11.9 Å². The second-order valence-corrected chi connectivity index (χ2v) is 1.72. The molecule has 1 rings (SSSR count). The molecule has 4 heteroatoms. The van der Waals surface area contributed by atoms with Crippen LogP contribution in [0, 0.1) is 17.3 Å². The monoisotopic (exact) mass is 137 g/mol. The molecule has 10 heavy (non-hydrogen) atoms. The lowest BCUT2D eigenvalue weighted by Crippen LogP contribution is -1.92. The Morgan fingerprint density at radius 1 is 1.70 bits per heavy atom. The van der Waals surface area contributed by atoms with Crippen LogP contribution in [0.2, 0.25) is 0 Å². The molecule has 0 unspecified atom stereocenters. The topological polar surface area (TPSA) is 62.7 Å². The van der Waals surface area contributed by atoms with E-state index in [1.165, 1.54) is 6.07 Å². The molecule has 0 saturated carbocycles. The number of aromatic nitrogens is 1. The maximum atomic E-state index is 12.4. The minimum absolute atomic E-state index is 0.125. The lowest BCUT2D eigenvalue weighted by Gasteiger charge is -1.92. The van der Waals surface area contributed by atoms with Gasteiger partial charge < -0.3 is 5.73 Å². The van der Waals surface area contributed by atoms with E-state index in [1.807, 2.05) is 0 Å². The second-order valence-electron chi connectivity index (χ2n) is 1.72. The highest BCUT2D eigenvalue weighted by atomic mass is 19.1. The largest absolute Gasteiger partial charge is 0.397 e. The van der Waals surface area contributed by atoms with Crippen molar-refractivity contribution in [3.05, 3.63) is 23.8 Å². The number of hydrogen-bond donors (Lipinski definition) is 1. The normalized spacial score (nSPS) is 8.80. The van der Waals surface area contributed by atoms with E-state index in [0.717, 1.165) is 6.20 Å². The standard InChI is InChI=1S/C6H4FN3/c7-6-4(2-8)1-5(9)3-10-6/h1,3H,9H2. The molecule has 0 fully saturated rings. The van der Waals surface area contributed by atoms with Gasteiger partial charge in [-0.3, -0.25) is 0 Å². The molecule has 50 valence electrons. The number of nitriles is 1. The predicted octanol–water partition coefficient (Wildman–Crippen LogP) is 0.675. The molecule has 2 N–H and O–H groups in total. The molecule has 1 aromatic rings. The van der Waals surface area contributed by atoms with E-state index in [4.69, 9.17) is 11.0 Å². The van der Waals surface area contributed by atoms with Crippen LogP contribution in [0.15, 0.2) is 12.3 Å². The molecule has 0 spiro atoms. The third kappa shape index (κ3) is 1.03. The maximum absolute atomic E-state index is 12.4. The van der Waals surface area contributed by atoms with Gasteiger partial charge in [0.15, 0.2) is 0 Å². The van der Waals surface area contributed by atoms with E-state index in [-0.39, 0.29) is 11.3 Å². The summed E-state index contributed by atoms with van der Waals surface area (Å²) in [6, 6.07) is 2.86. The molecule has 1 aromatic heterocycles. The summed E-state index contributed by atoms with van der Waals surface area (Å²) in [5.41, 5.74) is 5.39. The Morgan fingerprint density at radius 3 is 2.90 bits per heavy atom.